The van der Waals surface area contributed by atoms with Crippen LogP contribution in [0.2, 0.25) is 0 Å². The third-order valence-corrected chi connectivity index (χ3v) is 6.46. The predicted molar refractivity (Wildman–Crippen MR) is 166 cm³/mol. The highest BCUT2D eigenvalue weighted by Gasteiger charge is 2.68. The summed E-state index contributed by atoms with van der Waals surface area (Å²) >= 11 is 0. The van der Waals surface area contributed by atoms with Crippen molar-refractivity contribution in [2.24, 2.45) is 0 Å². The molecule has 0 rings (SSSR count). The molecule has 11 nitrogen and oxygen atoms in total. The Labute approximate surface area is 262 Å². The first-order valence-electron chi connectivity index (χ1n) is 16.8. The molecule has 2 unspecified atom stereocenters. The Balaban J connectivity index is 7.48. The molecule has 0 aromatic carbocycles. The number of hydrogen-bond acceptors (Lipinski definition) is 11. The van der Waals surface area contributed by atoms with Gasteiger partial charge in [0, 0.05) is 78.9 Å². The van der Waals surface area contributed by atoms with Crippen LogP contribution >= 0.6 is 0 Å². The van der Waals surface area contributed by atoms with Crippen LogP contribution in [0, 0.1) is 0 Å². The molecular weight excluding hydrogens is 560 g/mol. The lowest BCUT2D eigenvalue weighted by atomic mass is 10.1. The van der Waals surface area contributed by atoms with Crippen molar-refractivity contribution < 1.29 is 52.1 Å². The monoisotopic (exact) mass is 626 g/mol. The number of hydrogen-bond donors (Lipinski definition) is 0. The zero-order valence-corrected chi connectivity index (χ0v) is 29.2. The van der Waals surface area contributed by atoms with E-state index in [2.05, 4.69) is 13.8 Å². The van der Waals surface area contributed by atoms with Crippen LogP contribution in [0.4, 0.5) is 0 Å². The highest BCUT2D eigenvalue weighted by Crippen LogP contribution is 2.47. The van der Waals surface area contributed by atoms with E-state index in [9.17, 15) is 0 Å². The Bertz CT molecular complexity index is 552. The third-order valence-electron chi connectivity index (χ3n) is 6.46. The SMILES string of the molecule is CCCCOCCC(OCC)(OC(CCOCCCC)(OCC)C(OCC)(OCC)OCC)C(OCC)(OCC)OCC. The fourth-order valence-electron chi connectivity index (χ4n) is 4.81. The quantitative estimate of drug-likeness (QED) is 0.0612. The van der Waals surface area contributed by atoms with Gasteiger partial charge in [0.05, 0.1) is 13.2 Å². The Morgan fingerprint density at radius 3 is 0.860 bits per heavy atom. The smallest absolute Gasteiger partial charge is 0.340 e. The fourth-order valence-corrected chi connectivity index (χ4v) is 4.81. The summed E-state index contributed by atoms with van der Waals surface area (Å²) in [4.78, 5) is 0. The second kappa shape index (κ2) is 24.7. The molecule has 0 aliphatic carbocycles. The van der Waals surface area contributed by atoms with E-state index in [1.165, 1.54) is 0 Å². The van der Waals surface area contributed by atoms with Crippen molar-refractivity contribution in [2.45, 2.75) is 131 Å². The van der Waals surface area contributed by atoms with Gasteiger partial charge < -0.3 is 52.1 Å². The van der Waals surface area contributed by atoms with Gasteiger partial charge in [0.25, 0.3) is 11.6 Å². The first kappa shape index (κ1) is 42.6. The van der Waals surface area contributed by atoms with Gasteiger partial charge in [-0.25, -0.2) is 0 Å². The molecule has 0 aromatic rings. The molecule has 43 heavy (non-hydrogen) atoms. The van der Waals surface area contributed by atoms with Gasteiger partial charge in [-0.3, -0.25) is 0 Å². The van der Waals surface area contributed by atoms with Gasteiger partial charge in [0.1, 0.15) is 0 Å². The van der Waals surface area contributed by atoms with Crippen molar-refractivity contribution in [2.75, 3.05) is 79.3 Å². The van der Waals surface area contributed by atoms with Crippen molar-refractivity contribution in [3.05, 3.63) is 0 Å². The number of ether oxygens (including phenoxy) is 11. The Kier molecular flexibility index (Phi) is 24.5. The molecule has 0 N–H and O–H groups in total. The fraction of sp³-hybridized carbons (Fsp3) is 1.00. The summed E-state index contributed by atoms with van der Waals surface area (Å²) in [7, 11) is 0. The van der Waals surface area contributed by atoms with Gasteiger partial charge in [-0.1, -0.05) is 26.7 Å². The Morgan fingerprint density at radius 1 is 0.349 bits per heavy atom. The molecule has 0 spiro atoms. The van der Waals surface area contributed by atoms with E-state index in [4.69, 9.17) is 52.1 Å². The minimum Gasteiger partial charge on any atom is -0.381 e. The Hall–Kier alpha value is -0.440. The zero-order chi connectivity index (χ0) is 32.5. The van der Waals surface area contributed by atoms with Crippen LogP contribution in [0.15, 0.2) is 0 Å². The van der Waals surface area contributed by atoms with E-state index in [1.54, 1.807) is 0 Å². The molecular formula is C32H66O11. The van der Waals surface area contributed by atoms with E-state index in [-0.39, 0.29) is 78.9 Å². The maximum Gasteiger partial charge on any atom is 0.340 e. The normalized spacial score (nSPS) is 15.5. The molecule has 0 saturated heterocycles. The molecule has 0 aliphatic heterocycles. The molecule has 0 heterocycles. The molecule has 0 saturated carbocycles. The summed E-state index contributed by atoms with van der Waals surface area (Å²) < 4.78 is 70.4. The van der Waals surface area contributed by atoms with Crippen LogP contribution in [-0.4, -0.2) is 103 Å². The summed E-state index contributed by atoms with van der Waals surface area (Å²) in [6.07, 6.45) is 4.23. The molecule has 2 atom stereocenters. The van der Waals surface area contributed by atoms with Crippen LogP contribution in [0.3, 0.4) is 0 Å². The molecule has 0 radical (unpaired) electrons. The maximum absolute atomic E-state index is 7.21. The average Bonchev–Trinajstić information content (AvgIpc) is 2.97. The molecule has 0 aliphatic rings. The van der Waals surface area contributed by atoms with Gasteiger partial charge in [-0.15, -0.1) is 0 Å². The first-order chi connectivity index (χ1) is 20.8. The molecule has 11 heteroatoms. The summed E-state index contributed by atoms with van der Waals surface area (Å²) in [5.74, 6) is -7.02. The second-order valence-corrected chi connectivity index (χ2v) is 9.62. The lowest BCUT2D eigenvalue weighted by Gasteiger charge is -2.54. The van der Waals surface area contributed by atoms with E-state index < -0.39 is 23.5 Å². The first-order valence-corrected chi connectivity index (χ1v) is 16.8. The predicted octanol–water partition coefficient (Wildman–Crippen LogP) is 6.41. The second-order valence-electron chi connectivity index (χ2n) is 9.62. The van der Waals surface area contributed by atoms with Gasteiger partial charge >= 0.3 is 11.9 Å². The van der Waals surface area contributed by atoms with E-state index in [0.717, 1.165) is 25.7 Å². The molecule has 0 fully saturated rings. The molecule has 0 aromatic heterocycles. The lowest BCUT2D eigenvalue weighted by Crippen LogP contribution is -2.72. The molecule has 0 amide bonds. The number of unbranched alkanes of at least 4 members (excludes halogenated alkanes) is 2. The van der Waals surface area contributed by atoms with Crippen molar-refractivity contribution in [1.29, 1.82) is 0 Å². The molecule has 260 valence electrons. The van der Waals surface area contributed by atoms with E-state index >= 15 is 0 Å². The highest BCUT2D eigenvalue weighted by atomic mass is 17.0. The van der Waals surface area contributed by atoms with Crippen LogP contribution in [0.25, 0.3) is 0 Å². The highest BCUT2D eigenvalue weighted by molar-refractivity contribution is 4.92. The van der Waals surface area contributed by atoms with Crippen LogP contribution in [0.5, 0.6) is 0 Å². The van der Waals surface area contributed by atoms with Gasteiger partial charge in [-0.2, -0.15) is 0 Å². The molecule has 0 bridgehead atoms. The standard InChI is InChI=1S/C32H66O11/c1-11-21-25-33-27-23-29(35-13-3,31(37-15-5,38-16-6)39-17-7)43-30(36-14-4,24-28-34-26-22-12-2)32(40-18-8,41-19-9)42-20-10/h11-28H2,1-10H3. The minimum atomic E-state index is -1.79. The summed E-state index contributed by atoms with van der Waals surface area (Å²) in [5, 5.41) is 0. The topological polar surface area (TPSA) is 102 Å². The largest absolute Gasteiger partial charge is 0.381 e. The van der Waals surface area contributed by atoms with Crippen molar-refractivity contribution in [3.8, 4) is 0 Å². The van der Waals surface area contributed by atoms with Crippen molar-refractivity contribution in [3.63, 3.8) is 0 Å². The van der Waals surface area contributed by atoms with E-state index in [0.29, 0.717) is 13.2 Å². The maximum atomic E-state index is 7.21. The van der Waals surface area contributed by atoms with Crippen LogP contribution in [0.1, 0.15) is 108 Å². The van der Waals surface area contributed by atoms with Gasteiger partial charge in [0.2, 0.25) is 0 Å². The Morgan fingerprint density at radius 2 is 0.628 bits per heavy atom. The van der Waals surface area contributed by atoms with Gasteiger partial charge in [-0.05, 0) is 68.2 Å². The minimum absolute atomic E-state index is 0.177. The van der Waals surface area contributed by atoms with Crippen LogP contribution < -0.4 is 0 Å². The zero-order valence-electron chi connectivity index (χ0n) is 29.2. The van der Waals surface area contributed by atoms with E-state index in [1.807, 2.05) is 55.4 Å². The summed E-state index contributed by atoms with van der Waals surface area (Å²) in [6, 6.07) is 0. The average molecular weight is 627 g/mol. The lowest BCUT2D eigenvalue weighted by molar-refractivity contribution is -0.570. The summed E-state index contributed by atoms with van der Waals surface area (Å²) in [5.41, 5.74) is 0. The third kappa shape index (κ3) is 12.7. The summed E-state index contributed by atoms with van der Waals surface area (Å²) in [6.45, 7) is 22.9. The number of rotatable bonds is 32. The van der Waals surface area contributed by atoms with Crippen LogP contribution in [-0.2, 0) is 52.1 Å². The van der Waals surface area contributed by atoms with Crippen molar-refractivity contribution >= 4 is 0 Å². The van der Waals surface area contributed by atoms with Gasteiger partial charge in [0.15, 0.2) is 0 Å². The van der Waals surface area contributed by atoms with Crippen molar-refractivity contribution in [1.82, 2.24) is 0 Å².